The van der Waals surface area contributed by atoms with Gasteiger partial charge in [-0.15, -0.1) is 0 Å². The highest BCUT2D eigenvalue weighted by atomic mass is 35.5. The van der Waals surface area contributed by atoms with Gasteiger partial charge in [0.2, 0.25) is 0 Å². The van der Waals surface area contributed by atoms with E-state index in [-0.39, 0.29) is 11.1 Å². The van der Waals surface area contributed by atoms with Crippen LogP contribution in [0.25, 0.3) is 0 Å². The van der Waals surface area contributed by atoms with Crippen LogP contribution in [0, 0.1) is 0 Å². The van der Waals surface area contributed by atoms with Crippen molar-refractivity contribution in [3.05, 3.63) is 10.6 Å². The summed E-state index contributed by atoms with van der Waals surface area (Å²) < 4.78 is 4.40. The van der Waals surface area contributed by atoms with Crippen LogP contribution >= 0.6 is 23.2 Å². The molecule has 0 heterocycles. The van der Waals surface area contributed by atoms with Crippen LogP contribution in [0.1, 0.15) is 6.42 Å². The standard InChI is InChI=1S/C5H5Cl2O2/c6-5(7)2-1-3-9-4-8/h2H,1,3H2. The molecule has 0 amide bonds. The molecule has 0 saturated carbocycles. The van der Waals surface area contributed by atoms with Crippen molar-refractivity contribution in [2.24, 2.45) is 0 Å². The Kier molecular flexibility index (Phi) is 5.78. The minimum atomic E-state index is 0.185. The monoisotopic (exact) mass is 167 g/mol. The summed E-state index contributed by atoms with van der Waals surface area (Å²) in [5, 5.41) is 0. The van der Waals surface area contributed by atoms with E-state index in [1.165, 1.54) is 6.47 Å². The third kappa shape index (κ3) is 7.79. The van der Waals surface area contributed by atoms with Gasteiger partial charge in [0.15, 0.2) is 0 Å². The fourth-order valence-corrected chi connectivity index (χ4v) is 0.487. The van der Waals surface area contributed by atoms with Gasteiger partial charge in [0.05, 0.1) is 6.61 Å². The maximum Gasteiger partial charge on any atom is 0.417 e. The van der Waals surface area contributed by atoms with E-state index in [2.05, 4.69) is 4.74 Å². The second-order valence-electron chi connectivity index (χ2n) is 1.21. The van der Waals surface area contributed by atoms with Crippen molar-refractivity contribution >= 4 is 29.7 Å². The number of hydrogen-bond donors (Lipinski definition) is 0. The molecule has 0 fully saturated rings. The van der Waals surface area contributed by atoms with E-state index in [0.29, 0.717) is 6.42 Å². The van der Waals surface area contributed by atoms with Crippen LogP contribution in [0.15, 0.2) is 10.6 Å². The van der Waals surface area contributed by atoms with Gasteiger partial charge < -0.3 is 4.74 Å². The van der Waals surface area contributed by atoms with Gasteiger partial charge in [-0.05, 0) is 0 Å². The van der Waals surface area contributed by atoms with Crippen molar-refractivity contribution < 1.29 is 9.53 Å². The maximum atomic E-state index is 9.42. The van der Waals surface area contributed by atoms with Gasteiger partial charge in [-0.2, -0.15) is 0 Å². The molecule has 1 radical (unpaired) electrons. The lowest BCUT2D eigenvalue weighted by Crippen LogP contribution is -1.87. The summed E-state index contributed by atoms with van der Waals surface area (Å²) in [6.45, 7) is 1.55. The molecule has 0 aliphatic heterocycles. The first-order chi connectivity index (χ1) is 4.27. The predicted molar refractivity (Wildman–Crippen MR) is 36.1 cm³/mol. The Morgan fingerprint density at radius 1 is 1.67 bits per heavy atom. The Hall–Kier alpha value is -0.210. The minimum Gasteiger partial charge on any atom is -0.457 e. The Bertz CT molecular complexity index is 108. The summed E-state index contributed by atoms with van der Waals surface area (Å²) in [4.78, 5) is 9.42. The van der Waals surface area contributed by atoms with E-state index in [1.54, 1.807) is 6.08 Å². The summed E-state index contributed by atoms with van der Waals surface area (Å²) in [7, 11) is 0. The molecule has 0 atom stereocenters. The third-order valence-electron chi connectivity index (χ3n) is 0.577. The summed E-state index contributed by atoms with van der Waals surface area (Å²) in [5.74, 6) is 0. The first-order valence-electron chi connectivity index (χ1n) is 2.27. The van der Waals surface area contributed by atoms with Gasteiger partial charge in [0.1, 0.15) is 4.49 Å². The van der Waals surface area contributed by atoms with E-state index in [4.69, 9.17) is 23.2 Å². The molecule has 0 bridgehead atoms. The molecule has 0 spiro atoms. The van der Waals surface area contributed by atoms with Crippen molar-refractivity contribution in [3.63, 3.8) is 0 Å². The van der Waals surface area contributed by atoms with E-state index in [0.717, 1.165) is 0 Å². The van der Waals surface area contributed by atoms with Gasteiger partial charge in [-0.1, -0.05) is 29.3 Å². The highest BCUT2D eigenvalue weighted by Gasteiger charge is 1.84. The van der Waals surface area contributed by atoms with Gasteiger partial charge in [-0.25, -0.2) is 4.79 Å². The molecule has 4 heteroatoms. The molecule has 51 valence electrons. The Balaban J connectivity index is 3.09. The molecule has 0 aromatic rings. The summed E-state index contributed by atoms with van der Waals surface area (Å²) in [6, 6.07) is 0. The van der Waals surface area contributed by atoms with Gasteiger partial charge >= 0.3 is 6.47 Å². The molecular weight excluding hydrogens is 163 g/mol. The average molecular weight is 168 g/mol. The summed E-state index contributed by atoms with van der Waals surface area (Å²) in [6.07, 6.45) is 2.07. The SMILES string of the molecule is O=[C]OCCC=C(Cl)Cl. The maximum absolute atomic E-state index is 9.42. The quantitative estimate of drug-likeness (QED) is 0.598. The zero-order valence-electron chi connectivity index (χ0n) is 4.56. The molecule has 0 N–H and O–H groups in total. The van der Waals surface area contributed by atoms with Gasteiger partial charge in [-0.3, -0.25) is 0 Å². The van der Waals surface area contributed by atoms with Crippen LogP contribution in [0.2, 0.25) is 0 Å². The lowest BCUT2D eigenvalue weighted by molar-refractivity contribution is 0.284. The highest BCUT2D eigenvalue weighted by molar-refractivity contribution is 6.55. The van der Waals surface area contributed by atoms with Crippen LogP contribution < -0.4 is 0 Å². The number of halogens is 2. The second-order valence-corrected chi connectivity index (χ2v) is 2.22. The number of carbonyl (C=O) groups excluding carboxylic acids is 1. The van der Waals surface area contributed by atoms with Crippen LogP contribution in [0.4, 0.5) is 0 Å². The van der Waals surface area contributed by atoms with E-state index in [9.17, 15) is 4.79 Å². The van der Waals surface area contributed by atoms with Crippen molar-refractivity contribution in [2.45, 2.75) is 6.42 Å². The normalized spacial score (nSPS) is 8.22. The first-order valence-corrected chi connectivity index (χ1v) is 3.03. The molecular formula is C5H5Cl2O2. The van der Waals surface area contributed by atoms with Crippen LogP contribution in [0.5, 0.6) is 0 Å². The molecule has 2 nitrogen and oxygen atoms in total. The lowest BCUT2D eigenvalue weighted by Gasteiger charge is -1.89. The van der Waals surface area contributed by atoms with Gasteiger partial charge in [0.25, 0.3) is 0 Å². The van der Waals surface area contributed by atoms with Crippen molar-refractivity contribution in [1.82, 2.24) is 0 Å². The van der Waals surface area contributed by atoms with Gasteiger partial charge in [0, 0.05) is 6.42 Å². The van der Waals surface area contributed by atoms with Crippen molar-refractivity contribution in [3.8, 4) is 0 Å². The number of rotatable bonds is 4. The predicted octanol–water partition coefficient (Wildman–Crippen LogP) is 1.78. The second kappa shape index (κ2) is 5.92. The minimum absolute atomic E-state index is 0.185. The molecule has 0 aliphatic rings. The molecule has 0 aromatic carbocycles. The molecule has 9 heavy (non-hydrogen) atoms. The zero-order valence-corrected chi connectivity index (χ0v) is 6.08. The lowest BCUT2D eigenvalue weighted by atomic mass is 10.5. The summed E-state index contributed by atoms with van der Waals surface area (Å²) in [5.41, 5.74) is 0. The van der Waals surface area contributed by atoms with Crippen LogP contribution in [0.3, 0.4) is 0 Å². The Morgan fingerprint density at radius 3 is 2.78 bits per heavy atom. The molecule has 0 unspecified atom stereocenters. The van der Waals surface area contributed by atoms with E-state index >= 15 is 0 Å². The topological polar surface area (TPSA) is 26.3 Å². The molecule has 0 aromatic heterocycles. The van der Waals surface area contributed by atoms with E-state index in [1.807, 2.05) is 0 Å². The third-order valence-corrected chi connectivity index (χ3v) is 0.886. The fraction of sp³-hybridized carbons (Fsp3) is 0.400. The van der Waals surface area contributed by atoms with Crippen molar-refractivity contribution in [1.29, 1.82) is 0 Å². The molecule has 0 aliphatic carbocycles. The molecule has 0 rings (SSSR count). The number of ether oxygens (including phenoxy) is 1. The largest absolute Gasteiger partial charge is 0.457 e. The fourth-order valence-electron chi connectivity index (χ4n) is 0.269. The smallest absolute Gasteiger partial charge is 0.417 e. The van der Waals surface area contributed by atoms with Crippen LogP contribution in [-0.2, 0) is 9.53 Å². The molecule has 0 saturated heterocycles. The van der Waals surface area contributed by atoms with E-state index < -0.39 is 0 Å². The first kappa shape index (κ1) is 8.79. The highest BCUT2D eigenvalue weighted by Crippen LogP contribution is 2.06. The zero-order chi connectivity index (χ0) is 7.11. The van der Waals surface area contributed by atoms with Crippen molar-refractivity contribution in [2.75, 3.05) is 6.61 Å². The average Bonchev–Trinajstić information content (AvgIpc) is 1.80. The van der Waals surface area contributed by atoms with Crippen LogP contribution in [-0.4, -0.2) is 13.1 Å². The Labute approximate surface area is 63.4 Å². The number of hydrogen-bond acceptors (Lipinski definition) is 2. The summed E-state index contributed by atoms with van der Waals surface area (Å²) >= 11 is 10.5. The Morgan fingerprint density at radius 2 is 2.33 bits per heavy atom.